The Kier molecular flexibility index (Phi) is 9.04. The molecule has 0 aromatic heterocycles. The summed E-state index contributed by atoms with van der Waals surface area (Å²) in [5.41, 5.74) is 0.369. The van der Waals surface area contributed by atoms with Crippen molar-refractivity contribution in [2.75, 3.05) is 20.0 Å². The van der Waals surface area contributed by atoms with Crippen LogP contribution in [0.25, 0.3) is 0 Å². The smallest absolute Gasteiger partial charge is 0.141 e. The molecular weight excluding hydrogens is 240 g/mol. The Morgan fingerprint density at radius 1 is 1.47 bits per heavy atom. The van der Waals surface area contributed by atoms with Gasteiger partial charge >= 0.3 is 0 Å². The maximum absolute atomic E-state index is 12.8. The minimum atomic E-state index is -1.02. The highest BCUT2D eigenvalue weighted by atomic mass is 32.2. The summed E-state index contributed by atoms with van der Waals surface area (Å²) in [6, 6.07) is 0. The molecule has 0 spiro atoms. The predicted molar refractivity (Wildman–Crippen MR) is 74.2 cm³/mol. The van der Waals surface area contributed by atoms with E-state index in [1.165, 1.54) is 0 Å². The predicted octanol–water partition coefficient (Wildman–Crippen LogP) is 4.56. The van der Waals surface area contributed by atoms with Crippen molar-refractivity contribution in [1.82, 2.24) is 0 Å². The summed E-state index contributed by atoms with van der Waals surface area (Å²) in [6.45, 7) is 2.62. The van der Waals surface area contributed by atoms with Crippen LogP contribution in [0.3, 0.4) is 0 Å². The van der Waals surface area contributed by atoms with Gasteiger partial charge in [-0.1, -0.05) is 19.1 Å². The van der Waals surface area contributed by atoms with E-state index in [2.05, 4.69) is 11.9 Å². The molecule has 98 valence electrons. The number of hydrogen-bond acceptors (Lipinski definition) is 2. The molecule has 1 nitrogen and oxygen atoms in total. The van der Waals surface area contributed by atoms with E-state index >= 15 is 0 Å². The summed E-state index contributed by atoms with van der Waals surface area (Å²) in [4.78, 5) is 4.15. The Bertz CT molecular complexity index is 309. The number of aliphatic imine (C=N–C) groups is 1. The quantitative estimate of drug-likeness (QED) is 0.388. The third-order valence-corrected chi connectivity index (χ3v) is 3.38. The van der Waals surface area contributed by atoms with Gasteiger partial charge in [0, 0.05) is 7.05 Å². The minimum Gasteiger partial charge on any atom is -0.286 e. The second-order valence-electron chi connectivity index (χ2n) is 3.92. The van der Waals surface area contributed by atoms with Crippen molar-refractivity contribution in [3.8, 4) is 0 Å². The second-order valence-corrected chi connectivity index (χ2v) is 4.80. The summed E-state index contributed by atoms with van der Waals surface area (Å²) >= 11 is 1.65. The normalized spacial score (nSPS) is 16.2. The van der Waals surface area contributed by atoms with E-state index < -0.39 is 12.5 Å². The van der Waals surface area contributed by atoms with E-state index in [0.29, 0.717) is 11.5 Å². The molecular formula is C13H21F2NS. The van der Waals surface area contributed by atoms with E-state index in [0.717, 1.165) is 17.9 Å². The zero-order valence-electron chi connectivity index (χ0n) is 11.0. The van der Waals surface area contributed by atoms with E-state index in [9.17, 15) is 8.78 Å². The van der Waals surface area contributed by atoms with Gasteiger partial charge in [0.05, 0.1) is 5.04 Å². The molecule has 0 aliphatic heterocycles. The molecule has 0 radical (unpaired) electrons. The van der Waals surface area contributed by atoms with Crippen molar-refractivity contribution in [3.05, 3.63) is 23.6 Å². The van der Waals surface area contributed by atoms with Crippen LogP contribution in [0.2, 0.25) is 0 Å². The van der Waals surface area contributed by atoms with Crippen molar-refractivity contribution >= 4 is 16.8 Å². The first-order chi connectivity index (χ1) is 8.04. The van der Waals surface area contributed by atoms with E-state index in [-0.39, 0.29) is 0 Å². The molecule has 0 amide bonds. The zero-order chi connectivity index (χ0) is 13.3. The molecule has 0 aromatic carbocycles. The largest absolute Gasteiger partial charge is 0.286 e. The third-order valence-electron chi connectivity index (χ3n) is 2.52. The SMILES string of the molecule is CN=C(CCC(C)C=CC(C)=C(F)CF)SC. The second kappa shape index (κ2) is 9.40. The molecule has 0 fully saturated rings. The average molecular weight is 261 g/mol. The highest BCUT2D eigenvalue weighted by molar-refractivity contribution is 8.13. The van der Waals surface area contributed by atoms with E-state index in [1.807, 2.05) is 12.3 Å². The topological polar surface area (TPSA) is 12.4 Å². The van der Waals surface area contributed by atoms with Crippen LogP contribution in [-0.4, -0.2) is 25.0 Å². The lowest BCUT2D eigenvalue weighted by Gasteiger charge is -2.06. The van der Waals surface area contributed by atoms with Crippen LogP contribution in [0.15, 0.2) is 28.5 Å². The number of allylic oxidation sites excluding steroid dienone is 4. The summed E-state index contributed by atoms with van der Waals surface area (Å²) in [5, 5.41) is 1.12. The van der Waals surface area contributed by atoms with Gasteiger partial charge in [-0.05, 0) is 37.5 Å². The molecule has 17 heavy (non-hydrogen) atoms. The van der Waals surface area contributed by atoms with Crippen LogP contribution in [0, 0.1) is 5.92 Å². The van der Waals surface area contributed by atoms with Gasteiger partial charge in [0.15, 0.2) is 0 Å². The van der Waals surface area contributed by atoms with Gasteiger partial charge in [0.2, 0.25) is 0 Å². The Hall–Kier alpha value is -0.640. The minimum absolute atomic E-state index is 0.335. The van der Waals surface area contributed by atoms with Crippen molar-refractivity contribution < 1.29 is 8.78 Å². The third kappa shape index (κ3) is 7.31. The molecule has 0 rings (SSSR count). The summed E-state index contributed by atoms with van der Waals surface area (Å²) in [5.74, 6) is -0.352. The summed E-state index contributed by atoms with van der Waals surface area (Å²) in [6.07, 6.45) is 7.47. The Balaban J connectivity index is 4.19. The van der Waals surface area contributed by atoms with Crippen LogP contribution in [0.5, 0.6) is 0 Å². The number of nitrogens with zero attached hydrogens (tertiary/aromatic N) is 1. The molecule has 4 heteroatoms. The van der Waals surface area contributed by atoms with Crippen LogP contribution in [0.1, 0.15) is 26.7 Å². The molecule has 0 N–H and O–H groups in total. The van der Waals surface area contributed by atoms with Gasteiger partial charge in [-0.15, -0.1) is 11.8 Å². The van der Waals surface area contributed by atoms with Crippen LogP contribution < -0.4 is 0 Å². The molecule has 1 atom stereocenters. The zero-order valence-corrected chi connectivity index (χ0v) is 11.8. The van der Waals surface area contributed by atoms with Gasteiger partial charge in [-0.25, -0.2) is 8.78 Å². The van der Waals surface area contributed by atoms with Gasteiger partial charge in [-0.2, -0.15) is 0 Å². The Labute approximate surface area is 107 Å². The Morgan fingerprint density at radius 2 is 2.12 bits per heavy atom. The van der Waals surface area contributed by atoms with Crippen LogP contribution in [-0.2, 0) is 0 Å². The molecule has 1 unspecified atom stereocenters. The lowest BCUT2D eigenvalue weighted by atomic mass is 10.0. The lowest BCUT2D eigenvalue weighted by Crippen LogP contribution is -1.97. The number of halogens is 2. The number of thioether (sulfide) groups is 1. The molecule has 0 aliphatic rings. The lowest BCUT2D eigenvalue weighted by molar-refractivity contribution is 0.455. The first kappa shape index (κ1) is 16.4. The molecule has 0 aromatic rings. The first-order valence-corrected chi connectivity index (χ1v) is 6.86. The maximum atomic E-state index is 12.8. The summed E-state index contributed by atoms with van der Waals surface area (Å²) < 4.78 is 24.9. The molecule has 0 aliphatic carbocycles. The number of alkyl halides is 1. The van der Waals surface area contributed by atoms with Crippen LogP contribution in [0.4, 0.5) is 8.78 Å². The molecule has 0 bridgehead atoms. The highest BCUT2D eigenvalue weighted by Crippen LogP contribution is 2.15. The van der Waals surface area contributed by atoms with Crippen molar-refractivity contribution in [2.45, 2.75) is 26.7 Å². The standard InChI is InChI=1S/C13H21F2NS/c1-10(6-8-13(16-3)17-4)5-7-11(2)12(15)9-14/h5,7,10H,6,8-9H2,1-4H3. The van der Waals surface area contributed by atoms with Gasteiger partial charge in [0.25, 0.3) is 0 Å². The fourth-order valence-electron chi connectivity index (χ4n) is 1.26. The van der Waals surface area contributed by atoms with Gasteiger partial charge < -0.3 is 0 Å². The Morgan fingerprint density at radius 3 is 2.59 bits per heavy atom. The van der Waals surface area contributed by atoms with Crippen molar-refractivity contribution in [3.63, 3.8) is 0 Å². The fraction of sp³-hybridized carbons (Fsp3) is 0.615. The van der Waals surface area contributed by atoms with Crippen molar-refractivity contribution in [2.24, 2.45) is 10.9 Å². The van der Waals surface area contributed by atoms with E-state index in [4.69, 9.17) is 0 Å². The number of rotatable bonds is 6. The van der Waals surface area contributed by atoms with Gasteiger partial charge in [-0.3, -0.25) is 4.99 Å². The number of hydrogen-bond donors (Lipinski definition) is 0. The molecule has 0 saturated carbocycles. The monoisotopic (exact) mass is 261 g/mol. The molecule has 0 saturated heterocycles. The van der Waals surface area contributed by atoms with Crippen LogP contribution >= 0.6 is 11.8 Å². The highest BCUT2D eigenvalue weighted by Gasteiger charge is 2.02. The average Bonchev–Trinajstić information content (AvgIpc) is 2.36. The molecule has 0 heterocycles. The van der Waals surface area contributed by atoms with E-state index in [1.54, 1.807) is 31.8 Å². The first-order valence-electron chi connectivity index (χ1n) is 5.64. The maximum Gasteiger partial charge on any atom is 0.141 e. The fourth-order valence-corrected chi connectivity index (χ4v) is 1.76. The van der Waals surface area contributed by atoms with Crippen molar-refractivity contribution in [1.29, 1.82) is 0 Å². The van der Waals surface area contributed by atoms with Gasteiger partial charge in [0.1, 0.15) is 12.5 Å². The summed E-state index contributed by atoms with van der Waals surface area (Å²) in [7, 11) is 1.79.